The van der Waals surface area contributed by atoms with Gasteiger partial charge in [-0.15, -0.1) is 0 Å². The molecule has 5 nitrogen and oxygen atoms in total. The molecule has 5 heteroatoms. The SMILES string of the molecule is COCOc1cccc2c1C(=O)OC2C#N. The first-order valence-electron chi connectivity index (χ1n) is 4.63. The van der Waals surface area contributed by atoms with Gasteiger partial charge in [0.05, 0.1) is 0 Å². The van der Waals surface area contributed by atoms with Crippen LogP contribution < -0.4 is 4.74 Å². The van der Waals surface area contributed by atoms with Crippen molar-refractivity contribution in [1.29, 1.82) is 5.26 Å². The van der Waals surface area contributed by atoms with E-state index in [1.165, 1.54) is 7.11 Å². The summed E-state index contributed by atoms with van der Waals surface area (Å²) in [5.74, 6) is -0.157. The Kier molecular flexibility index (Phi) is 2.75. The summed E-state index contributed by atoms with van der Waals surface area (Å²) >= 11 is 0. The van der Waals surface area contributed by atoms with Gasteiger partial charge in [0.1, 0.15) is 17.4 Å². The van der Waals surface area contributed by atoms with E-state index in [4.69, 9.17) is 19.5 Å². The number of carbonyl (C=O) groups excluding carboxylic acids is 1. The lowest BCUT2D eigenvalue weighted by Crippen LogP contribution is -2.04. The highest BCUT2D eigenvalue weighted by Crippen LogP contribution is 2.35. The molecule has 1 aromatic carbocycles. The number of hydrogen-bond donors (Lipinski definition) is 0. The molecule has 82 valence electrons. The number of ether oxygens (including phenoxy) is 3. The summed E-state index contributed by atoms with van der Waals surface area (Å²) in [6.07, 6.45) is -0.839. The van der Waals surface area contributed by atoms with Crippen LogP contribution in [0.5, 0.6) is 5.75 Å². The van der Waals surface area contributed by atoms with E-state index < -0.39 is 12.1 Å². The largest absolute Gasteiger partial charge is 0.467 e. The van der Waals surface area contributed by atoms with Crippen LogP contribution in [0, 0.1) is 11.3 Å². The fraction of sp³-hybridized carbons (Fsp3) is 0.273. The van der Waals surface area contributed by atoms with Crippen LogP contribution in [0.15, 0.2) is 18.2 Å². The lowest BCUT2D eigenvalue weighted by atomic mass is 10.1. The maximum absolute atomic E-state index is 11.5. The number of methoxy groups -OCH3 is 1. The smallest absolute Gasteiger partial charge is 0.344 e. The van der Waals surface area contributed by atoms with Crippen molar-refractivity contribution in [2.45, 2.75) is 6.10 Å². The first-order chi connectivity index (χ1) is 7.77. The van der Waals surface area contributed by atoms with Crippen LogP contribution in [-0.2, 0) is 9.47 Å². The highest BCUT2D eigenvalue weighted by Gasteiger charge is 2.33. The molecule has 0 N–H and O–H groups in total. The molecule has 0 amide bonds. The molecule has 0 aliphatic carbocycles. The molecular weight excluding hydrogens is 210 g/mol. The summed E-state index contributed by atoms with van der Waals surface area (Å²) in [5, 5.41) is 8.80. The van der Waals surface area contributed by atoms with Gasteiger partial charge < -0.3 is 14.2 Å². The van der Waals surface area contributed by atoms with Crippen molar-refractivity contribution in [3.8, 4) is 11.8 Å². The summed E-state index contributed by atoms with van der Waals surface area (Å²) in [5.41, 5.74) is 0.854. The number of cyclic esters (lactones) is 1. The topological polar surface area (TPSA) is 68.6 Å². The normalized spacial score (nSPS) is 17.5. The molecule has 0 fully saturated rings. The number of rotatable bonds is 3. The zero-order chi connectivity index (χ0) is 11.5. The van der Waals surface area contributed by atoms with E-state index in [1.807, 2.05) is 6.07 Å². The lowest BCUT2D eigenvalue weighted by molar-refractivity contribution is 0.0432. The Morgan fingerprint density at radius 1 is 1.56 bits per heavy atom. The second-order valence-electron chi connectivity index (χ2n) is 3.19. The molecule has 16 heavy (non-hydrogen) atoms. The van der Waals surface area contributed by atoms with Crippen molar-refractivity contribution in [2.24, 2.45) is 0 Å². The molecule has 0 spiro atoms. The van der Waals surface area contributed by atoms with Gasteiger partial charge in [0.25, 0.3) is 0 Å². The molecule has 1 unspecified atom stereocenters. The van der Waals surface area contributed by atoms with Crippen molar-refractivity contribution in [3.05, 3.63) is 29.3 Å². The van der Waals surface area contributed by atoms with Crippen LogP contribution in [0.25, 0.3) is 0 Å². The molecule has 1 atom stereocenters. The molecule has 0 aromatic heterocycles. The Balaban J connectivity index is 2.40. The number of nitriles is 1. The van der Waals surface area contributed by atoms with Crippen LogP contribution >= 0.6 is 0 Å². The molecule has 0 saturated heterocycles. The standard InChI is InChI=1S/C11H9NO4/c1-14-6-15-8-4-2-3-7-9(5-12)16-11(13)10(7)8/h2-4,9H,6H2,1H3. The zero-order valence-corrected chi connectivity index (χ0v) is 8.60. The van der Waals surface area contributed by atoms with E-state index in [1.54, 1.807) is 18.2 Å². The second kappa shape index (κ2) is 4.21. The summed E-state index contributed by atoms with van der Waals surface area (Å²) in [6, 6.07) is 6.92. The third kappa shape index (κ3) is 1.59. The van der Waals surface area contributed by atoms with Gasteiger partial charge in [-0.3, -0.25) is 0 Å². The number of fused-ring (bicyclic) bond motifs is 1. The van der Waals surface area contributed by atoms with E-state index in [2.05, 4.69) is 0 Å². The van der Waals surface area contributed by atoms with Crippen LogP contribution in [0.1, 0.15) is 22.0 Å². The summed E-state index contributed by atoms with van der Waals surface area (Å²) in [4.78, 5) is 11.5. The Morgan fingerprint density at radius 2 is 2.38 bits per heavy atom. The van der Waals surface area contributed by atoms with Crippen LogP contribution in [-0.4, -0.2) is 19.9 Å². The Morgan fingerprint density at radius 3 is 3.06 bits per heavy atom. The van der Waals surface area contributed by atoms with Gasteiger partial charge in [-0.25, -0.2) is 4.79 Å². The van der Waals surface area contributed by atoms with Crippen molar-refractivity contribution >= 4 is 5.97 Å². The third-order valence-electron chi connectivity index (χ3n) is 2.22. The minimum Gasteiger partial charge on any atom is -0.467 e. The van der Waals surface area contributed by atoms with E-state index in [0.29, 0.717) is 16.9 Å². The molecule has 0 radical (unpaired) electrons. The zero-order valence-electron chi connectivity index (χ0n) is 8.60. The minimum atomic E-state index is -0.839. The van der Waals surface area contributed by atoms with Crippen molar-refractivity contribution < 1.29 is 19.0 Å². The quantitative estimate of drug-likeness (QED) is 0.567. The van der Waals surface area contributed by atoms with E-state index in [9.17, 15) is 4.79 Å². The average Bonchev–Trinajstić information content (AvgIpc) is 2.64. The van der Waals surface area contributed by atoms with Crippen molar-refractivity contribution in [2.75, 3.05) is 13.9 Å². The Hall–Kier alpha value is -2.06. The molecule has 1 aliphatic rings. The highest BCUT2D eigenvalue weighted by atomic mass is 16.7. The number of benzene rings is 1. The first kappa shape index (κ1) is 10.5. The number of hydrogen-bond acceptors (Lipinski definition) is 5. The van der Waals surface area contributed by atoms with Gasteiger partial charge in [-0.1, -0.05) is 12.1 Å². The molecule has 2 rings (SSSR count). The minimum absolute atomic E-state index is 0.0426. The van der Waals surface area contributed by atoms with E-state index >= 15 is 0 Å². The predicted octanol–water partition coefficient (Wildman–Crippen LogP) is 1.40. The van der Waals surface area contributed by atoms with Gasteiger partial charge in [0.2, 0.25) is 6.10 Å². The maximum atomic E-state index is 11.5. The molecule has 1 aliphatic heterocycles. The van der Waals surface area contributed by atoms with E-state index in [0.717, 1.165) is 0 Å². The van der Waals surface area contributed by atoms with Crippen LogP contribution in [0.2, 0.25) is 0 Å². The second-order valence-corrected chi connectivity index (χ2v) is 3.19. The molecular formula is C11H9NO4. The molecule has 0 bridgehead atoms. The molecule has 1 aromatic rings. The fourth-order valence-corrected chi connectivity index (χ4v) is 1.55. The average molecular weight is 219 g/mol. The first-order valence-corrected chi connectivity index (χ1v) is 4.63. The van der Waals surface area contributed by atoms with Crippen molar-refractivity contribution in [1.82, 2.24) is 0 Å². The maximum Gasteiger partial charge on any atom is 0.344 e. The summed E-state index contributed by atoms with van der Waals surface area (Å²) < 4.78 is 14.9. The molecule has 0 saturated carbocycles. The fourth-order valence-electron chi connectivity index (χ4n) is 1.55. The van der Waals surface area contributed by atoms with Gasteiger partial charge in [0, 0.05) is 12.7 Å². The van der Waals surface area contributed by atoms with E-state index in [-0.39, 0.29) is 6.79 Å². The Labute approximate surface area is 92.1 Å². The summed E-state index contributed by atoms with van der Waals surface area (Å²) in [7, 11) is 1.49. The monoisotopic (exact) mass is 219 g/mol. The number of nitrogens with zero attached hydrogens (tertiary/aromatic N) is 1. The third-order valence-corrected chi connectivity index (χ3v) is 2.22. The Bertz CT molecular complexity index is 464. The van der Waals surface area contributed by atoms with Gasteiger partial charge >= 0.3 is 5.97 Å². The molecule has 1 heterocycles. The number of esters is 1. The highest BCUT2D eigenvalue weighted by molar-refractivity contribution is 5.97. The van der Waals surface area contributed by atoms with Crippen molar-refractivity contribution in [3.63, 3.8) is 0 Å². The van der Waals surface area contributed by atoms with Gasteiger partial charge in [-0.05, 0) is 6.07 Å². The van der Waals surface area contributed by atoms with Crippen LogP contribution in [0.4, 0.5) is 0 Å². The van der Waals surface area contributed by atoms with Gasteiger partial charge in [-0.2, -0.15) is 5.26 Å². The van der Waals surface area contributed by atoms with Gasteiger partial charge in [0.15, 0.2) is 6.79 Å². The lowest BCUT2D eigenvalue weighted by Gasteiger charge is -2.06. The summed E-state index contributed by atoms with van der Waals surface area (Å²) in [6.45, 7) is 0.0426. The number of carbonyl (C=O) groups is 1. The predicted molar refractivity (Wildman–Crippen MR) is 52.7 cm³/mol. The van der Waals surface area contributed by atoms with Crippen LogP contribution in [0.3, 0.4) is 0 Å².